The molecule has 23 heavy (non-hydrogen) atoms. The van der Waals surface area contributed by atoms with Gasteiger partial charge in [0.15, 0.2) is 11.6 Å². The van der Waals surface area contributed by atoms with Crippen LogP contribution >= 0.6 is 0 Å². The van der Waals surface area contributed by atoms with Crippen LogP contribution in [0.15, 0.2) is 22.8 Å². The Hall–Kier alpha value is -1.22. The maximum Gasteiger partial charge on any atom is 0.161 e. The van der Waals surface area contributed by atoms with Gasteiger partial charge in [-0.15, -0.1) is 0 Å². The number of fused-ring (bicyclic) bond motifs is 4. The summed E-state index contributed by atoms with van der Waals surface area (Å²) in [5.41, 5.74) is 2.86. The van der Waals surface area contributed by atoms with Crippen molar-refractivity contribution in [1.29, 1.82) is 0 Å². The van der Waals surface area contributed by atoms with Crippen LogP contribution in [0, 0.1) is 17.3 Å². The predicted octanol–water partition coefficient (Wildman–Crippen LogP) is 3.51. The van der Waals surface area contributed by atoms with E-state index in [0.717, 1.165) is 38.5 Å². The highest BCUT2D eigenvalue weighted by Crippen LogP contribution is 2.63. The van der Waals surface area contributed by atoms with E-state index in [4.69, 9.17) is 0 Å². The van der Waals surface area contributed by atoms with Crippen LogP contribution in [0.1, 0.15) is 65.2 Å². The number of Topliss-reactive ketones (excluding diaryl/α,β-unsaturated/α-hetero) is 1. The SMILES string of the molecule is CC(=O)C1(O)CCC2C3CCC4=CC(=O)CCC4=C3CCC21C. The van der Waals surface area contributed by atoms with Gasteiger partial charge in [-0.2, -0.15) is 0 Å². The highest BCUT2D eigenvalue weighted by Gasteiger charge is 2.62. The zero-order valence-electron chi connectivity index (χ0n) is 14.2. The lowest BCUT2D eigenvalue weighted by molar-refractivity contribution is -0.152. The van der Waals surface area contributed by atoms with E-state index in [1.54, 1.807) is 12.5 Å². The summed E-state index contributed by atoms with van der Waals surface area (Å²) in [7, 11) is 0. The summed E-state index contributed by atoms with van der Waals surface area (Å²) in [5, 5.41) is 11.1. The molecule has 0 bridgehead atoms. The summed E-state index contributed by atoms with van der Waals surface area (Å²) >= 11 is 0. The Kier molecular flexibility index (Phi) is 3.26. The molecule has 4 aliphatic rings. The Morgan fingerprint density at radius 1 is 1.17 bits per heavy atom. The number of carbonyl (C=O) groups excluding carboxylic acids is 2. The Bertz CT molecular complexity index is 656. The number of carbonyl (C=O) groups is 2. The number of hydrogen-bond donors (Lipinski definition) is 1. The second kappa shape index (κ2) is 4.89. The molecule has 0 radical (unpaired) electrons. The molecule has 0 aliphatic heterocycles. The minimum Gasteiger partial charge on any atom is -0.382 e. The van der Waals surface area contributed by atoms with Crippen LogP contribution < -0.4 is 0 Å². The van der Waals surface area contributed by atoms with Crippen LogP contribution in [0.2, 0.25) is 0 Å². The molecule has 0 amide bonds. The Balaban J connectivity index is 1.74. The molecule has 0 heterocycles. The third-order valence-electron chi connectivity index (χ3n) is 7.47. The molecule has 3 heteroatoms. The van der Waals surface area contributed by atoms with Crippen LogP contribution in [-0.2, 0) is 9.59 Å². The summed E-state index contributed by atoms with van der Waals surface area (Å²) in [6.07, 6.45) is 8.92. The normalized spacial score (nSPS) is 42.7. The van der Waals surface area contributed by atoms with Gasteiger partial charge in [-0.05, 0) is 80.9 Å². The van der Waals surface area contributed by atoms with E-state index < -0.39 is 5.60 Å². The van der Waals surface area contributed by atoms with Crippen molar-refractivity contribution in [1.82, 2.24) is 0 Å². The number of ketones is 2. The van der Waals surface area contributed by atoms with Crippen LogP contribution in [0.4, 0.5) is 0 Å². The highest BCUT2D eigenvalue weighted by atomic mass is 16.3. The maximum atomic E-state index is 12.1. The average molecular weight is 314 g/mol. The van der Waals surface area contributed by atoms with Gasteiger partial charge in [0.05, 0.1) is 0 Å². The van der Waals surface area contributed by atoms with Gasteiger partial charge in [0.2, 0.25) is 0 Å². The Morgan fingerprint density at radius 2 is 1.96 bits per heavy atom. The van der Waals surface area contributed by atoms with Gasteiger partial charge in [-0.1, -0.05) is 12.5 Å². The van der Waals surface area contributed by atoms with E-state index in [-0.39, 0.29) is 17.0 Å². The summed E-state index contributed by atoms with van der Waals surface area (Å²) in [4.78, 5) is 23.8. The molecule has 124 valence electrons. The third kappa shape index (κ3) is 1.92. The van der Waals surface area contributed by atoms with E-state index in [9.17, 15) is 14.7 Å². The number of hydrogen-bond acceptors (Lipinski definition) is 3. The average Bonchev–Trinajstić information content (AvgIpc) is 2.80. The molecule has 0 saturated heterocycles. The van der Waals surface area contributed by atoms with Crippen molar-refractivity contribution < 1.29 is 14.7 Å². The van der Waals surface area contributed by atoms with E-state index in [0.29, 0.717) is 24.7 Å². The number of aliphatic hydroxyl groups is 1. The molecule has 3 nitrogen and oxygen atoms in total. The smallest absolute Gasteiger partial charge is 0.161 e. The first kappa shape index (κ1) is 15.3. The fourth-order valence-corrected chi connectivity index (χ4v) is 6.13. The van der Waals surface area contributed by atoms with Gasteiger partial charge in [-0.3, -0.25) is 9.59 Å². The lowest BCUT2D eigenvalue weighted by Gasteiger charge is -2.51. The molecule has 4 rings (SSSR count). The largest absolute Gasteiger partial charge is 0.382 e. The second-order valence-electron chi connectivity index (χ2n) is 8.26. The summed E-state index contributed by atoms with van der Waals surface area (Å²) in [6.45, 7) is 3.69. The van der Waals surface area contributed by atoms with Crippen molar-refractivity contribution in [2.75, 3.05) is 0 Å². The molecule has 4 atom stereocenters. The molecule has 2 fully saturated rings. The molecule has 0 aromatic carbocycles. The molecule has 0 aromatic rings. The molecule has 2 saturated carbocycles. The van der Waals surface area contributed by atoms with Crippen molar-refractivity contribution in [3.05, 3.63) is 22.8 Å². The topological polar surface area (TPSA) is 54.4 Å². The van der Waals surface area contributed by atoms with Crippen molar-refractivity contribution in [2.24, 2.45) is 17.3 Å². The van der Waals surface area contributed by atoms with Crippen LogP contribution in [0.3, 0.4) is 0 Å². The first-order valence-corrected chi connectivity index (χ1v) is 9.06. The zero-order chi connectivity index (χ0) is 16.4. The second-order valence-corrected chi connectivity index (χ2v) is 8.26. The predicted molar refractivity (Wildman–Crippen MR) is 87.8 cm³/mol. The first-order chi connectivity index (χ1) is 10.9. The Labute approximate surface area is 137 Å². The van der Waals surface area contributed by atoms with Crippen molar-refractivity contribution in [3.8, 4) is 0 Å². The monoisotopic (exact) mass is 314 g/mol. The standard InChI is InChI=1S/C20H26O3/c1-12(21)20(23)10-8-18-17-5-3-13-11-14(22)4-6-15(13)16(17)7-9-19(18,20)2/h11,17-18,23H,3-10H2,1-2H3. The van der Waals surface area contributed by atoms with Gasteiger partial charge in [0, 0.05) is 11.8 Å². The molecular weight excluding hydrogens is 288 g/mol. The van der Waals surface area contributed by atoms with Crippen molar-refractivity contribution >= 4 is 11.6 Å². The molecule has 0 spiro atoms. The van der Waals surface area contributed by atoms with E-state index in [1.165, 1.54) is 11.1 Å². The quantitative estimate of drug-likeness (QED) is 0.806. The van der Waals surface area contributed by atoms with Crippen LogP contribution in [0.5, 0.6) is 0 Å². The lowest BCUT2D eigenvalue weighted by atomic mass is 9.54. The lowest BCUT2D eigenvalue weighted by Crippen LogP contribution is -2.53. The molecule has 4 aliphatic carbocycles. The van der Waals surface area contributed by atoms with Crippen molar-refractivity contribution in [2.45, 2.75) is 70.8 Å². The van der Waals surface area contributed by atoms with Crippen molar-refractivity contribution in [3.63, 3.8) is 0 Å². The fourth-order valence-electron chi connectivity index (χ4n) is 6.13. The van der Waals surface area contributed by atoms with Crippen LogP contribution in [-0.4, -0.2) is 22.3 Å². The summed E-state index contributed by atoms with van der Waals surface area (Å²) in [6, 6.07) is 0. The molecule has 1 N–H and O–H groups in total. The fraction of sp³-hybridized carbons (Fsp3) is 0.700. The van der Waals surface area contributed by atoms with E-state index >= 15 is 0 Å². The number of allylic oxidation sites excluding steroid dienone is 4. The van der Waals surface area contributed by atoms with Crippen LogP contribution in [0.25, 0.3) is 0 Å². The molecule has 4 unspecified atom stereocenters. The van der Waals surface area contributed by atoms with Gasteiger partial charge < -0.3 is 5.11 Å². The first-order valence-electron chi connectivity index (χ1n) is 9.06. The highest BCUT2D eigenvalue weighted by molar-refractivity contribution is 5.93. The number of rotatable bonds is 1. The maximum absolute atomic E-state index is 12.1. The minimum absolute atomic E-state index is 0.0572. The van der Waals surface area contributed by atoms with E-state index in [2.05, 4.69) is 6.92 Å². The summed E-state index contributed by atoms with van der Waals surface area (Å²) < 4.78 is 0. The van der Waals surface area contributed by atoms with Gasteiger partial charge in [-0.25, -0.2) is 0 Å². The molecule has 0 aromatic heterocycles. The van der Waals surface area contributed by atoms with Gasteiger partial charge >= 0.3 is 0 Å². The zero-order valence-corrected chi connectivity index (χ0v) is 14.2. The van der Waals surface area contributed by atoms with E-state index in [1.807, 2.05) is 6.08 Å². The minimum atomic E-state index is -1.13. The molecular formula is C20H26O3. The van der Waals surface area contributed by atoms with Gasteiger partial charge in [0.25, 0.3) is 0 Å². The summed E-state index contributed by atoms with van der Waals surface area (Å²) in [5.74, 6) is 1.13. The van der Waals surface area contributed by atoms with Gasteiger partial charge in [0.1, 0.15) is 5.60 Å². The third-order valence-corrected chi connectivity index (χ3v) is 7.47. The Morgan fingerprint density at radius 3 is 2.70 bits per heavy atom.